The van der Waals surface area contributed by atoms with Gasteiger partial charge in [0.15, 0.2) is 0 Å². The van der Waals surface area contributed by atoms with Crippen molar-refractivity contribution < 1.29 is 9.47 Å². The molecule has 0 aliphatic heterocycles. The van der Waals surface area contributed by atoms with Gasteiger partial charge in [0.1, 0.15) is 17.3 Å². The molecular formula is C19H19ClN4O2. The van der Waals surface area contributed by atoms with Gasteiger partial charge in [0.25, 0.3) is 0 Å². The Bertz CT molecular complexity index is 872. The molecule has 0 fully saturated rings. The molecule has 2 N–H and O–H groups in total. The number of anilines is 3. The Morgan fingerprint density at radius 1 is 1.00 bits per heavy atom. The molecule has 26 heavy (non-hydrogen) atoms. The Kier molecular flexibility index (Phi) is 5.76. The summed E-state index contributed by atoms with van der Waals surface area (Å²) in [6.45, 7) is 0.638. The van der Waals surface area contributed by atoms with E-state index in [1.54, 1.807) is 26.5 Å². The number of hydrogen-bond donors (Lipinski definition) is 2. The number of rotatable bonds is 7. The van der Waals surface area contributed by atoms with Crippen molar-refractivity contribution in [3.05, 3.63) is 65.3 Å². The molecule has 134 valence electrons. The third-order valence-corrected chi connectivity index (χ3v) is 3.95. The zero-order valence-corrected chi connectivity index (χ0v) is 15.2. The molecule has 0 atom stereocenters. The SMILES string of the molecule is COc1ccc(Nc2nccc(NCc3ccc(Cl)cc3)n2)c(OC)c1. The van der Waals surface area contributed by atoms with Gasteiger partial charge in [-0.2, -0.15) is 4.98 Å². The maximum absolute atomic E-state index is 5.90. The summed E-state index contributed by atoms with van der Waals surface area (Å²) in [5.41, 5.74) is 1.86. The minimum absolute atomic E-state index is 0.467. The molecule has 0 bridgehead atoms. The first kappa shape index (κ1) is 17.8. The second-order valence-electron chi connectivity index (χ2n) is 5.44. The quantitative estimate of drug-likeness (QED) is 0.638. The summed E-state index contributed by atoms with van der Waals surface area (Å²) >= 11 is 5.90. The van der Waals surface area contributed by atoms with Gasteiger partial charge >= 0.3 is 0 Å². The average molecular weight is 371 g/mol. The first-order valence-electron chi connectivity index (χ1n) is 7.98. The maximum atomic E-state index is 5.90. The zero-order valence-electron chi connectivity index (χ0n) is 14.5. The van der Waals surface area contributed by atoms with Gasteiger partial charge in [-0.1, -0.05) is 23.7 Å². The van der Waals surface area contributed by atoms with Gasteiger partial charge in [-0.05, 0) is 35.9 Å². The van der Waals surface area contributed by atoms with Crippen molar-refractivity contribution in [3.63, 3.8) is 0 Å². The van der Waals surface area contributed by atoms with Crippen LogP contribution in [0.25, 0.3) is 0 Å². The van der Waals surface area contributed by atoms with E-state index >= 15 is 0 Å². The predicted molar refractivity (Wildman–Crippen MR) is 104 cm³/mol. The van der Waals surface area contributed by atoms with E-state index in [0.29, 0.717) is 29.8 Å². The van der Waals surface area contributed by atoms with Gasteiger partial charge in [-0.3, -0.25) is 0 Å². The van der Waals surface area contributed by atoms with Crippen LogP contribution in [0.15, 0.2) is 54.7 Å². The molecule has 0 radical (unpaired) electrons. The Morgan fingerprint density at radius 2 is 1.81 bits per heavy atom. The molecule has 0 saturated heterocycles. The number of aromatic nitrogens is 2. The van der Waals surface area contributed by atoms with Crippen molar-refractivity contribution in [2.45, 2.75) is 6.54 Å². The smallest absolute Gasteiger partial charge is 0.229 e. The molecule has 0 aliphatic rings. The van der Waals surface area contributed by atoms with E-state index in [0.717, 1.165) is 16.3 Å². The lowest BCUT2D eigenvalue weighted by Gasteiger charge is -2.12. The number of hydrogen-bond acceptors (Lipinski definition) is 6. The highest BCUT2D eigenvalue weighted by molar-refractivity contribution is 6.30. The van der Waals surface area contributed by atoms with E-state index in [2.05, 4.69) is 20.6 Å². The Hall–Kier alpha value is -2.99. The van der Waals surface area contributed by atoms with Crippen LogP contribution in [-0.2, 0) is 6.54 Å². The topological polar surface area (TPSA) is 68.3 Å². The Morgan fingerprint density at radius 3 is 2.54 bits per heavy atom. The fourth-order valence-electron chi connectivity index (χ4n) is 2.33. The van der Waals surface area contributed by atoms with Crippen molar-refractivity contribution in [1.29, 1.82) is 0 Å². The van der Waals surface area contributed by atoms with Gasteiger partial charge in [-0.25, -0.2) is 4.98 Å². The van der Waals surface area contributed by atoms with Gasteiger partial charge < -0.3 is 20.1 Å². The molecule has 3 aromatic rings. The first-order valence-corrected chi connectivity index (χ1v) is 8.36. The van der Waals surface area contributed by atoms with E-state index in [4.69, 9.17) is 21.1 Å². The summed E-state index contributed by atoms with van der Waals surface area (Å²) in [5.74, 6) is 2.54. The van der Waals surface area contributed by atoms with E-state index in [1.165, 1.54) is 0 Å². The molecule has 2 aromatic carbocycles. The molecule has 0 amide bonds. The molecule has 0 spiro atoms. The van der Waals surface area contributed by atoms with Gasteiger partial charge in [0.2, 0.25) is 5.95 Å². The van der Waals surface area contributed by atoms with Crippen molar-refractivity contribution in [3.8, 4) is 11.5 Å². The van der Waals surface area contributed by atoms with Crippen LogP contribution in [0.3, 0.4) is 0 Å². The van der Waals surface area contributed by atoms with E-state index < -0.39 is 0 Å². The first-order chi connectivity index (χ1) is 12.7. The number of nitrogens with zero attached hydrogens (tertiary/aromatic N) is 2. The number of halogens is 1. The van der Waals surface area contributed by atoms with Gasteiger partial charge in [0, 0.05) is 23.8 Å². The molecule has 0 aliphatic carbocycles. The van der Waals surface area contributed by atoms with Crippen molar-refractivity contribution in [1.82, 2.24) is 9.97 Å². The minimum Gasteiger partial charge on any atom is -0.497 e. The van der Waals surface area contributed by atoms with Crippen LogP contribution in [0.4, 0.5) is 17.5 Å². The van der Waals surface area contributed by atoms with E-state index in [9.17, 15) is 0 Å². The second-order valence-corrected chi connectivity index (χ2v) is 5.87. The normalized spacial score (nSPS) is 10.3. The molecule has 0 unspecified atom stereocenters. The van der Waals surface area contributed by atoms with Crippen LogP contribution in [-0.4, -0.2) is 24.2 Å². The van der Waals surface area contributed by atoms with E-state index in [1.807, 2.05) is 42.5 Å². The Balaban J connectivity index is 1.70. The highest BCUT2D eigenvalue weighted by Crippen LogP contribution is 2.30. The summed E-state index contributed by atoms with van der Waals surface area (Å²) < 4.78 is 10.6. The molecule has 3 rings (SSSR count). The third kappa shape index (κ3) is 4.55. The lowest BCUT2D eigenvalue weighted by atomic mass is 10.2. The van der Waals surface area contributed by atoms with Crippen LogP contribution < -0.4 is 20.1 Å². The predicted octanol–water partition coefficient (Wildman–Crippen LogP) is 4.50. The fraction of sp³-hybridized carbons (Fsp3) is 0.158. The van der Waals surface area contributed by atoms with Crippen molar-refractivity contribution in [2.24, 2.45) is 0 Å². The van der Waals surface area contributed by atoms with Gasteiger partial charge in [-0.15, -0.1) is 0 Å². The van der Waals surface area contributed by atoms with Gasteiger partial charge in [0.05, 0.1) is 19.9 Å². The van der Waals surface area contributed by atoms with Crippen molar-refractivity contribution >= 4 is 29.1 Å². The largest absolute Gasteiger partial charge is 0.497 e. The number of ether oxygens (including phenoxy) is 2. The minimum atomic E-state index is 0.467. The number of methoxy groups -OCH3 is 2. The molecule has 6 nitrogen and oxygen atoms in total. The highest BCUT2D eigenvalue weighted by Gasteiger charge is 2.07. The lowest BCUT2D eigenvalue weighted by Crippen LogP contribution is -2.04. The van der Waals surface area contributed by atoms with Crippen LogP contribution in [0.2, 0.25) is 5.02 Å². The van der Waals surface area contributed by atoms with Crippen LogP contribution in [0, 0.1) is 0 Å². The van der Waals surface area contributed by atoms with Crippen LogP contribution in [0.5, 0.6) is 11.5 Å². The fourth-order valence-corrected chi connectivity index (χ4v) is 2.46. The number of nitrogens with one attached hydrogen (secondary N) is 2. The highest BCUT2D eigenvalue weighted by atomic mass is 35.5. The summed E-state index contributed by atoms with van der Waals surface area (Å²) in [4.78, 5) is 8.73. The lowest BCUT2D eigenvalue weighted by molar-refractivity contribution is 0.395. The molecule has 7 heteroatoms. The summed E-state index contributed by atoms with van der Waals surface area (Å²) in [7, 11) is 3.21. The maximum Gasteiger partial charge on any atom is 0.229 e. The molecule has 1 aromatic heterocycles. The standard InChI is InChI=1S/C19H19ClN4O2/c1-25-15-7-8-16(17(11-15)26-2)23-19-21-10-9-18(24-19)22-12-13-3-5-14(20)6-4-13/h3-11H,12H2,1-2H3,(H2,21,22,23,24). The average Bonchev–Trinajstić information content (AvgIpc) is 2.68. The summed E-state index contributed by atoms with van der Waals surface area (Å²) in [6, 6.07) is 15.0. The summed E-state index contributed by atoms with van der Waals surface area (Å²) in [6.07, 6.45) is 1.69. The Labute approximate surface area is 157 Å². The molecule has 0 saturated carbocycles. The van der Waals surface area contributed by atoms with Crippen LogP contribution >= 0.6 is 11.6 Å². The summed E-state index contributed by atoms with van der Waals surface area (Å²) in [5, 5.41) is 7.15. The van der Waals surface area contributed by atoms with E-state index in [-0.39, 0.29) is 0 Å². The molecule has 1 heterocycles. The monoisotopic (exact) mass is 370 g/mol. The van der Waals surface area contributed by atoms with Crippen LogP contribution in [0.1, 0.15) is 5.56 Å². The number of benzene rings is 2. The second kappa shape index (κ2) is 8.40. The molecular weight excluding hydrogens is 352 g/mol. The third-order valence-electron chi connectivity index (χ3n) is 3.70. The zero-order chi connectivity index (χ0) is 18.4. The van der Waals surface area contributed by atoms with Crippen molar-refractivity contribution in [2.75, 3.05) is 24.9 Å².